The summed E-state index contributed by atoms with van der Waals surface area (Å²) < 4.78 is 87.2. The average molecular weight is 469 g/mol. The summed E-state index contributed by atoms with van der Waals surface area (Å²) in [7, 11) is -3.20. The Kier molecular flexibility index (Phi) is 5.91. The first kappa shape index (κ1) is 24.5. The van der Waals surface area contributed by atoms with Crippen molar-refractivity contribution < 1.29 is 35.6 Å². The fraction of sp³-hybridized carbons (Fsp3) is 0.773. The van der Waals surface area contributed by atoms with E-state index in [-0.39, 0.29) is 29.6 Å². The van der Waals surface area contributed by atoms with Crippen molar-refractivity contribution in [1.82, 2.24) is 0 Å². The lowest BCUT2D eigenvalue weighted by molar-refractivity contribution is -0.340. The second-order valence-corrected chi connectivity index (χ2v) is 14.9. The Morgan fingerprint density at radius 1 is 1.10 bits per heavy atom. The molecule has 0 saturated heterocycles. The van der Waals surface area contributed by atoms with E-state index in [2.05, 4.69) is 0 Å². The van der Waals surface area contributed by atoms with Crippen LogP contribution < -0.4 is 0 Å². The molecular weight excluding hydrogens is 438 g/mol. The number of allylic oxidation sites excluding steroid dienone is 3. The Labute approximate surface area is 180 Å². The van der Waals surface area contributed by atoms with Crippen molar-refractivity contribution in [3.05, 3.63) is 23.8 Å². The van der Waals surface area contributed by atoms with Gasteiger partial charge in [0.25, 0.3) is 5.60 Å². The zero-order valence-electron chi connectivity index (χ0n) is 18.3. The number of Topliss-reactive ketones (excluding diaryl/α,β-unsaturated/α-hetero) is 1. The van der Waals surface area contributed by atoms with Gasteiger partial charge in [-0.1, -0.05) is 24.6 Å². The van der Waals surface area contributed by atoms with Crippen LogP contribution in [0.25, 0.3) is 0 Å². The number of halogens is 6. The number of hydrogen-bond acceptors (Lipinski definition) is 2. The Hall–Kier alpha value is -1.09. The van der Waals surface area contributed by atoms with Gasteiger partial charge in [-0.3, -0.25) is 4.79 Å². The molecule has 0 aromatic carbocycles. The lowest BCUT2D eigenvalue weighted by atomic mass is 9.62. The van der Waals surface area contributed by atoms with E-state index >= 15 is 0 Å². The van der Waals surface area contributed by atoms with Crippen LogP contribution in [0.15, 0.2) is 23.8 Å². The highest BCUT2D eigenvalue weighted by atomic mass is 28.4. The summed E-state index contributed by atoms with van der Waals surface area (Å²) in [5.74, 6) is 0.0976. The topological polar surface area (TPSA) is 26.3 Å². The van der Waals surface area contributed by atoms with Crippen LogP contribution in [0.1, 0.15) is 51.9 Å². The van der Waals surface area contributed by atoms with Crippen molar-refractivity contribution in [3.63, 3.8) is 0 Å². The van der Waals surface area contributed by atoms with Crippen molar-refractivity contribution in [1.29, 1.82) is 0 Å². The molecule has 0 amide bonds. The predicted octanol–water partition coefficient (Wildman–Crippen LogP) is 7.13. The van der Waals surface area contributed by atoms with Gasteiger partial charge in [0, 0.05) is 12.3 Å². The van der Waals surface area contributed by atoms with Gasteiger partial charge >= 0.3 is 12.4 Å². The highest BCUT2D eigenvalue weighted by Gasteiger charge is 2.71. The Balaban J connectivity index is 1.89. The number of alkyl halides is 6. The van der Waals surface area contributed by atoms with Crippen molar-refractivity contribution >= 4 is 14.1 Å². The van der Waals surface area contributed by atoms with Gasteiger partial charge in [-0.05, 0) is 75.1 Å². The largest absolute Gasteiger partial charge is 0.429 e. The lowest BCUT2D eigenvalue weighted by Crippen LogP contribution is -2.61. The standard InChI is InChI=1S/C22H30F6O2Si/c1-18-10-5-7-16(29)15(18)8-9-17(18)19(13-14-19)11-6-12-20(21(23,24)25,22(26,27)28)30-31(2,3)4/h6,9,12,15H,5,7-8,10-11,13-14H2,1-4H3/t15-,18+/m0/s1. The molecule has 0 radical (unpaired) electrons. The highest BCUT2D eigenvalue weighted by molar-refractivity contribution is 6.69. The van der Waals surface area contributed by atoms with Crippen LogP contribution in [0.4, 0.5) is 26.3 Å². The molecule has 0 N–H and O–H groups in total. The number of hydrogen-bond donors (Lipinski definition) is 0. The second-order valence-electron chi connectivity index (χ2n) is 10.5. The summed E-state index contributed by atoms with van der Waals surface area (Å²) in [4.78, 5) is 12.4. The van der Waals surface area contributed by atoms with E-state index in [1.807, 2.05) is 13.0 Å². The minimum Gasteiger partial charge on any atom is -0.394 e. The third-order valence-electron chi connectivity index (χ3n) is 7.05. The van der Waals surface area contributed by atoms with E-state index in [4.69, 9.17) is 4.43 Å². The average Bonchev–Trinajstić information content (AvgIpc) is 3.25. The summed E-state index contributed by atoms with van der Waals surface area (Å²) in [6.45, 7) is 5.95. The van der Waals surface area contributed by atoms with E-state index < -0.39 is 31.7 Å². The normalized spacial score (nSPS) is 29.3. The molecule has 3 aliphatic carbocycles. The first-order chi connectivity index (χ1) is 14.0. The van der Waals surface area contributed by atoms with Gasteiger partial charge in [-0.25, -0.2) is 0 Å². The molecule has 3 aliphatic rings. The third-order valence-corrected chi connectivity index (χ3v) is 7.98. The maximum absolute atomic E-state index is 13.7. The van der Waals surface area contributed by atoms with Crippen molar-refractivity contribution in [2.45, 2.75) is 89.5 Å². The molecule has 2 atom stereocenters. The van der Waals surface area contributed by atoms with Crippen molar-refractivity contribution in [2.24, 2.45) is 16.7 Å². The molecule has 0 heterocycles. The number of rotatable bonds is 6. The van der Waals surface area contributed by atoms with E-state index in [0.717, 1.165) is 24.5 Å². The summed E-state index contributed by atoms with van der Waals surface area (Å²) in [5, 5.41) is 0. The van der Waals surface area contributed by atoms with Gasteiger partial charge in [0.15, 0.2) is 8.32 Å². The molecule has 0 unspecified atom stereocenters. The molecule has 2 fully saturated rings. The minimum atomic E-state index is -5.63. The molecule has 176 valence electrons. The smallest absolute Gasteiger partial charge is 0.394 e. The second kappa shape index (κ2) is 7.47. The highest BCUT2D eigenvalue weighted by Crippen LogP contribution is 2.66. The maximum atomic E-state index is 13.7. The van der Waals surface area contributed by atoms with Crippen LogP contribution in [-0.2, 0) is 9.22 Å². The van der Waals surface area contributed by atoms with Crippen molar-refractivity contribution in [3.8, 4) is 0 Å². The maximum Gasteiger partial charge on any atom is 0.429 e. The van der Waals surface area contributed by atoms with E-state index in [0.29, 0.717) is 25.7 Å². The molecule has 0 aliphatic heterocycles. The molecule has 3 rings (SSSR count). The van der Waals surface area contributed by atoms with Crippen molar-refractivity contribution in [2.75, 3.05) is 0 Å². The van der Waals surface area contributed by atoms with Gasteiger partial charge in [0.2, 0.25) is 0 Å². The monoisotopic (exact) mass is 468 g/mol. The van der Waals surface area contributed by atoms with Gasteiger partial charge < -0.3 is 4.43 Å². The fourth-order valence-corrected chi connectivity index (χ4v) is 6.77. The summed E-state index contributed by atoms with van der Waals surface area (Å²) >= 11 is 0. The predicted molar refractivity (Wildman–Crippen MR) is 108 cm³/mol. The van der Waals surface area contributed by atoms with Gasteiger partial charge in [0.1, 0.15) is 5.78 Å². The van der Waals surface area contributed by atoms with Crippen LogP contribution >= 0.6 is 0 Å². The van der Waals surface area contributed by atoms with Crippen LogP contribution in [0.5, 0.6) is 0 Å². The quantitative estimate of drug-likeness (QED) is 0.235. The summed E-state index contributed by atoms with van der Waals surface area (Å²) in [6, 6.07) is 0. The summed E-state index contributed by atoms with van der Waals surface area (Å²) in [6.07, 6.45) is -3.78. The fourth-order valence-electron chi connectivity index (χ4n) is 5.51. The SMILES string of the molecule is C[C@@]12CCCC(=O)[C@@H]1CC=C2C1(CC=CC(O[Si](C)(C)C)(C(F)(F)F)C(F)(F)F)CC1. The molecule has 0 aromatic rings. The molecule has 9 heteroatoms. The number of carbonyl (C=O) groups is 1. The summed E-state index contributed by atoms with van der Waals surface area (Å²) in [5.41, 5.74) is -4.03. The Bertz CT molecular complexity index is 771. The number of fused-ring (bicyclic) bond motifs is 1. The molecule has 2 saturated carbocycles. The minimum absolute atomic E-state index is 0.0816. The van der Waals surface area contributed by atoms with Crippen LogP contribution in [0.2, 0.25) is 19.6 Å². The zero-order chi connectivity index (χ0) is 23.5. The van der Waals surface area contributed by atoms with Crippen LogP contribution in [0.3, 0.4) is 0 Å². The molecule has 31 heavy (non-hydrogen) atoms. The first-order valence-corrected chi connectivity index (χ1v) is 14.1. The van der Waals surface area contributed by atoms with E-state index in [1.54, 1.807) is 0 Å². The third kappa shape index (κ3) is 4.28. The van der Waals surface area contributed by atoms with E-state index in [9.17, 15) is 31.1 Å². The number of carbonyl (C=O) groups excluding carboxylic acids is 1. The molecule has 0 bridgehead atoms. The van der Waals surface area contributed by atoms with Crippen LogP contribution in [0, 0.1) is 16.7 Å². The lowest BCUT2D eigenvalue weighted by Gasteiger charge is -2.41. The van der Waals surface area contributed by atoms with Gasteiger partial charge in [-0.15, -0.1) is 0 Å². The molecule has 0 spiro atoms. The zero-order valence-corrected chi connectivity index (χ0v) is 19.3. The first-order valence-electron chi connectivity index (χ1n) is 10.7. The molecule has 2 nitrogen and oxygen atoms in total. The Morgan fingerprint density at radius 2 is 1.68 bits per heavy atom. The van der Waals surface area contributed by atoms with Gasteiger partial charge in [-0.2, -0.15) is 26.3 Å². The molecule has 0 aromatic heterocycles. The molecular formula is C22H30F6O2Si. The van der Waals surface area contributed by atoms with E-state index in [1.165, 1.54) is 19.6 Å². The number of ketones is 1. The van der Waals surface area contributed by atoms with Crippen LogP contribution in [-0.4, -0.2) is 32.1 Å². The Morgan fingerprint density at radius 3 is 2.16 bits per heavy atom. The van der Waals surface area contributed by atoms with Gasteiger partial charge in [0.05, 0.1) is 0 Å².